The summed E-state index contributed by atoms with van der Waals surface area (Å²) in [6, 6.07) is 13.1. The van der Waals surface area contributed by atoms with E-state index < -0.39 is 5.97 Å². The van der Waals surface area contributed by atoms with Gasteiger partial charge in [0.05, 0.1) is 12.2 Å². The van der Waals surface area contributed by atoms with Crippen LogP contribution in [0.2, 0.25) is 0 Å². The van der Waals surface area contributed by atoms with Gasteiger partial charge in [0.1, 0.15) is 5.69 Å². The van der Waals surface area contributed by atoms with Crippen LogP contribution in [0.25, 0.3) is 10.9 Å². The van der Waals surface area contributed by atoms with Gasteiger partial charge in [-0.1, -0.05) is 24.3 Å². The van der Waals surface area contributed by atoms with Crippen molar-refractivity contribution < 1.29 is 9.90 Å². The number of aromatic nitrogens is 2. The smallest absolute Gasteiger partial charge is 0.354 e. The van der Waals surface area contributed by atoms with Crippen molar-refractivity contribution in [3.63, 3.8) is 0 Å². The third kappa shape index (κ3) is 2.32. The Morgan fingerprint density at radius 2 is 2.00 bits per heavy atom. The molecule has 1 N–H and O–H groups in total. The molecule has 0 amide bonds. The van der Waals surface area contributed by atoms with Crippen molar-refractivity contribution in [2.24, 2.45) is 0 Å². The van der Waals surface area contributed by atoms with Crippen LogP contribution in [-0.2, 0) is 6.54 Å². The average molecular weight is 331 g/mol. The fourth-order valence-electron chi connectivity index (χ4n) is 2.19. The van der Waals surface area contributed by atoms with E-state index in [9.17, 15) is 4.79 Å². The largest absolute Gasteiger partial charge is 0.477 e. The number of hydrogen-bond donors (Lipinski definition) is 1. The minimum Gasteiger partial charge on any atom is -0.477 e. The van der Waals surface area contributed by atoms with Gasteiger partial charge >= 0.3 is 5.97 Å². The Kier molecular flexibility index (Phi) is 3.28. The summed E-state index contributed by atoms with van der Waals surface area (Å²) in [6.07, 6.45) is 1.99. The molecule has 20 heavy (non-hydrogen) atoms. The predicted octanol–water partition coefficient (Wildman–Crippen LogP) is 3.55. The van der Waals surface area contributed by atoms with Crippen molar-refractivity contribution in [2.75, 3.05) is 0 Å². The van der Waals surface area contributed by atoms with Gasteiger partial charge in [-0.15, -0.1) is 0 Å². The molecule has 0 unspecified atom stereocenters. The number of fused-ring (bicyclic) bond motifs is 1. The first-order chi connectivity index (χ1) is 9.65. The quantitative estimate of drug-likeness (QED) is 0.799. The molecule has 0 fully saturated rings. The lowest BCUT2D eigenvalue weighted by molar-refractivity contribution is 0.0690. The number of carboxylic acid groups (broad SMARTS) is 1. The molecule has 100 valence electrons. The zero-order valence-electron chi connectivity index (χ0n) is 10.5. The summed E-state index contributed by atoms with van der Waals surface area (Å²) in [7, 11) is 0. The molecule has 0 radical (unpaired) electrons. The number of benzene rings is 1. The van der Waals surface area contributed by atoms with Gasteiger partial charge in [-0.3, -0.25) is 0 Å². The molecule has 0 aliphatic carbocycles. The normalized spacial score (nSPS) is 10.8. The van der Waals surface area contributed by atoms with Crippen LogP contribution in [0.1, 0.15) is 16.2 Å². The van der Waals surface area contributed by atoms with Gasteiger partial charge in [0.2, 0.25) is 0 Å². The number of halogens is 1. The van der Waals surface area contributed by atoms with Crippen molar-refractivity contribution in [3.8, 4) is 0 Å². The van der Waals surface area contributed by atoms with Crippen LogP contribution in [0.3, 0.4) is 0 Å². The number of nitrogens with zero attached hydrogens (tertiary/aromatic N) is 2. The Morgan fingerprint density at radius 1 is 1.20 bits per heavy atom. The summed E-state index contributed by atoms with van der Waals surface area (Å²) in [4.78, 5) is 15.1. The maximum atomic E-state index is 10.9. The first-order valence-electron chi connectivity index (χ1n) is 6.08. The van der Waals surface area contributed by atoms with Gasteiger partial charge in [-0.25, -0.2) is 9.78 Å². The van der Waals surface area contributed by atoms with Gasteiger partial charge in [0, 0.05) is 21.6 Å². The lowest BCUT2D eigenvalue weighted by Gasteiger charge is -2.05. The SMILES string of the molecule is O=C(O)c1cccc(Cn2cc(Br)c3ccccc32)n1. The second-order valence-corrected chi connectivity index (χ2v) is 5.30. The standard InChI is InChI=1S/C15H11BrN2O2/c16-12-9-18(14-7-2-1-5-11(12)14)8-10-4-3-6-13(17-10)15(19)20/h1-7,9H,8H2,(H,19,20). The van der Waals surface area contributed by atoms with Crippen LogP contribution < -0.4 is 0 Å². The highest BCUT2D eigenvalue weighted by atomic mass is 79.9. The van der Waals surface area contributed by atoms with E-state index in [0.717, 1.165) is 21.1 Å². The number of para-hydroxylation sites is 1. The van der Waals surface area contributed by atoms with E-state index in [1.807, 2.05) is 41.1 Å². The summed E-state index contributed by atoms with van der Waals surface area (Å²) in [5, 5.41) is 10.1. The monoisotopic (exact) mass is 330 g/mol. The maximum absolute atomic E-state index is 10.9. The summed E-state index contributed by atoms with van der Waals surface area (Å²) in [6.45, 7) is 0.535. The Balaban J connectivity index is 2.01. The fourth-order valence-corrected chi connectivity index (χ4v) is 2.78. The van der Waals surface area contributed by atoms with E-state index in [-0.39, 0.29) is 5.69 Å². The second kappa shape index (κ2) is 5.09. The van der Waals surface area contributed by atoms with E-state index in [4.69, 9.17) is 5.11 Å². The Hall–Kier alpha value is -2.14. The summed E-state index contributed by atoms with van der Waals surface area (Å²) < 4.78 is 3.07. The minimum absolute atomic E-state index is 0.0676. The van der Waals surface area contributed by atoms with E-state index in [2.05, 4.69) is 20.9 Å². The van der Waals surface area contributed by atoms with Crippen LogP contribution in [0.15, 0.2) is 53.1 Å². The second-order valence-electron chi connectivity index (χ2n) is 4.44. The Morgan fingerprint density at radius 3 is 2.80 bits per heavy atom. The van der Waals surface area contributed by atoms with E-state index in [1.54, 1.807) is 6.07 Å². The molecule has 2 heterocycles. The van der Waals surface area contributed by atoms with Crippen molar-refractivity contribution >= 4 is 32.8 Å². The van der Waals surface area contributed by atoms with Gasteiger partial charge in [0.25, 0.3) is 0 Å². The molecule has 0 spiro atoms. The van der Waals surface area contributed by atoms with E-state index in [1.165, 1.54) is 6.07 Å². The van der Waals surface area contributed by atoms with Crippen LogP contribution in [0, 0.1) is 0 Å². The van der Waals surface area contributed by atoms with Gasteiger partial charge in [-0.05, 0) is 34.1 Å². The van der Waals surface area contributed by atoms with Crippen LogP contribution >= 0.6 is 15.9 Å². The lowest BCUT2D eigenvalue weighted by Crippen LogP contribution is -2.05. The highest BCUT2D eigenvalue weighted by Gasteiger charge is 2.09. The maximum Gasteiger partial charge on any atom is 0.354 e. The minimum atomic E-state index is -1.01. The molecular weight excluding hydrogens is 320 g/mol. The lowest BCUT2D eigenvalue weighted by atomic mass is 10.2. The van der Waals surface area contributed by atoms with Crippen molar-refractivity contribution in [1.82, 2.24) is 9.55 Å². The Labute approximate surface area is 123 Å². The van der Waals surface area contributed by atoms with Crippen molar-refractivity contribution in [2.45, 2.75) is 6.54 Å². The number of rotatable bonds is 3. The van der Waals surface area contributed by atoms with Crippen LogP contribution in [-0.4, -0.2) is 20.6 Å². The molecule has 3 aromatic rings. The summed E-state index contributed by atoms with van der Waals surface area (Å²) >= 11 is 3.53. The highest BCUT2D eigenvalue weighted by molar-refractivity contribution is 9.10. The van der Waals surface area contributed by atoms with E-state index >= 15 is 0 Å². The first-order valence-corrected chi connectivity index (χ1v) is 6.87. The third-order valence-corrected chi connectivity index (χ3v) is 3.73. The highest BCUT2D eigenvalue weighted by Crippen LogP contribution is 2.26. The zero-order chi connectivity index (χ0) is 14.1. The zero-order valence-corrected chi connectivity index (χ0v) is 12.0. The van der Waals surface area contributed by atoms with Gasteiger partial charge in [-0.2, -0.15) is 0 Å². The molecule has 0 saturated heterocycles. The van der Waals surface area contributed by atoms with Crippen LogP contribution in [0.4, 0.5) is 0 Å². The first kappa shape index (κ1) is 12.9. The fraction of sp³-hybridized carbons (Fsp3) is 0.0667. The molecule has 4 nitrogen and oxygen atoms in total. The predicted molar refractivity (Wildman–Crippen MR) is 79.9 cm³/mol. The average Bonchev–Trinajstić information content (AvgIpc) is 2.76. The van der Waals surface area contributed by atoms with Crippen LogP contribution in [0.5, 0.6) is 0 Å². The number of carbonyl (C=O) groups is 1. The number of aromatic carboxylic acids is 1. The molecule has 1 aromatic carbocycles. The molecule has 2 aromatic heterocycles. The number of pyridine rings is 1. The molecule has 0 aliphatic rings. The van der Waals surface area contributed by atoms with Gasteiger partial charge < -0.3 is 9.67 Å². The molecular formula is C15H11BrN2O2. The molecule has 0 atom stereocenters. The number of hydrogen-bond acceptors (Lipinski definition) is 2. The molecule has 5 heteroatoms. The summed E-state index contributed by atoms with van der Waals surface area (Å²) in [5.41, 5.74) is 1.87. The molecule has 0 saturated carbocycles. The van der Waals surface area contributed by atoms with Gasteiger partial charge in [0.15, 0.2) is 0 Å². The topological polar surface area (TPSA) is 55.1 Å². The molecule has 0 aliphatic heterocycles. The number of carboxylic acids is 1. The summed E-state index contributed by atoms with van der Waals surface area (Å²) in [5.74, 6) is -1.01. The van der Waals surface area contributed by atoms with Crippen molar-refractivity contribution in [3.05, 3.63) is 64.5 Å². The Bertz CT molecular complexity index is 795. The molecule has 3 rings (SSSR count). The van der Waals surface area contributed by atoms with E-state index in [0.29, 0.717) is 6.54 Å². The van der Waals surface area contributed by atoms with Crippen molar-refractivity contribution in [1.29, 1.82) is 0 Å². The molecule has 0 bridgehead atoms. The third-order valence-electron chi connectivity index (χ3n) is 3.10.